The van der Waals surface area contributed by atoms with Crippen LogP contribution in [0.15, 0.2) is 24.3 Å². The van der Waals surface area contributed by atoms with Gasteiger partial charge in [0.15, 0.2) is 5.78 Å². The normalized spacial score (nSPS) is 14.2. The summed E-state index contributed by atoms with van der Waals surface area (Å²) >= 11 is 0. The van der Waals surface area contributed by atoms with Crippen LogP contribution in [0.2, 0.25) is 0 Å². The molecule has 0 saturated heterocycles. The first-order chi connectivity index (χ1) is 8.50. The summed E-state index contributed by atoms with van der Waals surface area (Å²) in [4.78, 5) is 11.1. The zero-order valence-electron chi connectivity index (χ0n) is 11.0. The minimum Gasteiger partial charge on any atom is -0.309 e. The molecule has 18 heavy (non-hydrogen) atoms. The van der Waals surface area contributed by atoms with Crippen molar-refractivity contribution >= 4 is 13.4 Å². The van der Waals surface area contributed by atoms with Gasteiger partial charge in [0.2, 0.25) is 0 Å². The van der Waals surface area contributed by atoms with E-state index < -0.39 is 7.60 Å². The van der Waals surface area contributed by atoms with Crippen molar-refractivity contribution in [3.05, 3.63) is 35.4 Å². The molecule has 0 radical (unpaired) electrons. The highest BCUT2D eigenvalue weighted by Gasteiger charge is 2.20. The summed E-state index contributed by atoms with van der Waals surface area (Å²) in [5, 5.41) is 0. The minimum atomic E-state index is -2.96. The van der Waals surface area contributed by atoms with E-state index in [1.165, 1.54) is 6.92 Å². The van der Waals surface area contributed by atoms with Gasteiger partial charge in [0.1, 0.15) is 0 Å². The Kier molecular flexibility index (Phi) is 5.73. The van der Waals surface area contributed by atoms with E-state index in [1.54, 1.807) is 38.1 Å². The fourth-order valence-electron chi connectivity index (χ4n) is 1.43. The topological polar surface area (TPSA) is 52.6 Å². The van der Waals surface area contributed by atoms with Crippen molar-refractivity contribution in [2.24, 2.45) is 0 Å². The first-order valence-electron chi connectivity index (χ1n) is 5.98. The molecule has 4 nitrogen and oxygen atoms in total. The predicted octanol–water partition coefficient (Wildman–Crippen LogP) is 3.66. The molecule has 0 amide bonds. The highest BCUT2D eigenvalue weighted by Crippen LogP contribution is 2.48. The van der Waals surface area contributed by atoms with Crippen LogP contribution in [-0.4, -0.2) is 18.6 Å². The molecule has 1 atom stereocenters. The van der Waals surface area contributed by atoms with Gasteiger partial charge in [-0.2, -0.15) is 0 Å². The van der Waals surface area contributed by atoms with Crippen molar-refractivity contribution in [2.75, 3.05) is 12.8 Å². The third kappa shape index (κ3) is 4.37. The first-order valence-corrected chi connectivity index (χ1v) is 7.71. The van der Waals surface area contributed by atoms with E-state index in [2.05, 4.69) is 0 Å². The molecule has 0 fully saturated rings. The number of carbonyl (C=O) groups excluding carboxylic acids is 1. The fraction of sp³-hybridized carbons (Fsp3) is 0.462. The van der Waals surface area contributed by atoms with Crippen LogP contribution >= 0.6 is 7.60 Å². The van der Waals surface area contributed by atoms with Crippen LogP contribution in [0, 0.1) is 0 Å². The maximum absolute atomic E-state index is 12.0. The molecule has 0 aliphatic carbocycles. The van der Waals surface area contributed by atoms with Gasteiger partial charge in [0.05, 0.1) is 13.2 Å². The van der Waals surface area contributed by atoms with Gasteiger partial charge in [-0.05, 0) is 19.4 Å². The molecule has 1 aromatic rings. The molecule has 1 rings (SSSR count). The van der Waals surface area contributed by atoms with Gasteiger partial charge in [-0.15, -0.1) is 0 Å². The second-order valence-corrected chi connectivity index (χ2v) is 6.24. The van der Waals surface area contributed by atoms with Crippen molar-refractivity contribution in [1.29, 1.82) is 0 Å². The first kappa shape index (κ1) is 15.1. The summed E-state index contributed by atoms with van der Waals surface area (Å²) in [6.45, 7) is 5.67. The molecule has 0 aromatic heterocycles. The van der Waals surface area contributed by atoms with Gasteiger partial charge in [0, 0.05) is 11.7 Å². The SMILES string of the molecule is CCOP(=O)(CC)OCc1ccc(C(C)=O)cc1. The number of benzene rings is 1. The van der Waals surface area contributed by atoms with Crippen LogP contribution in [0.1, 0.15) is 36.7 Å². The molecule has 0 aliphatic heterocycles. The van der Waals surface area contributed by atoms with Gasteiger partial charge in [-0.1, -0.05) is 31.2 Å². The summed E-state index contributed by atoms with van der Waals surface area (Å²) in [7, 11) is -2.96. The van der Waals surface area contributed by atoms with Gasteiger partial charge in [0.25, 0.3) is 0 Å². The lowest BCUT2D eigenvalue weighted by Gasteiger charge is -2.15. The largest absolute Gasteiger partial charge is 0.330 e. The van der Waals surface area contributed by atoms with Gasteiger partial charge < -0.3 is 9.05 Å². The van der Waals surface area contributed by atoms with Gasteiger partial charge in [-0.3, -0.25) is 9.36 Å². The standard InChI is InChI=1S/C13H19O4P/c1-4-16-18(15,5-2)17-10-12-6-8-13(9-7-12)11(3)14/h6-9H,4-5,10H2,1-3H3. The molecule has 0 heterocycles. The van der Waals surface area contributed by atoms with E-state index in [0.29, 0.717) is 18.3 Å². The quantitative estimate of drug-likeness (QED) is 0.560. The maximum atomic E-state index is 12.0. The molecule has 5 heteroatoms. The Balaban J connectivity index is 2.63. The Morgan fingerprint density at radius 2 is 1.78 bits per heavy atom. The lowest BCUT2D eigenvalue weighted by atomic mass is 10.1. The lowest BCUT2D eigenvalue weighted by Crippen LogP contribution is -1.99. The van der Waals surface area contributed by atoms with E-state index in [4.69, 9.17) is 9.05 Å². The monoisotopic (exact) mass is 270 g/mol. The molecule has 0 spiro atoms. The Bertz CT molecular complexity index is 439. The van der Waals surface area contributed by atoms with Crippen LogP contribution in [0.25, 0.3) is 0 Å². The summed E-state index contributed by atoms with van der Waals surface area (Å²) in [5.41, 5.74) is 1.52. The zero-order valence-corrected chi connectivity index (χ0v) is 11.9. The highest BCUT2D eigenvalue weighted by atomic mass is 31.2. The van der Waals surface area contributed by atoms with Crippen molar-refractivity contribution in [3.63, 3.8) is 0 Å². The molecule has 0 saturated carbocycles. The molecule has 0 bridgehead atoms. The van der Waals surface area contributed by atoms with E-state index >= 15 is 0 Å². The van der Waals surface area contributed by atoms with E-state index in [1.807, 2.05) is 0 Å². The van der Waals surface area contributed by atoms with E-state index in [9.17, 15) is 9.36 Å². The molecular formula is C13H19O4P. The zero-order chi connectivity index (χ0) is 13.6. The van der Waals surface area contributed by atoms with E-state index in [-0.39, 0.29) is 12.4 Å². The fourth-order valence-corrected chi connectivity index (χ4v) is 2.60. The smallest absolute Gasteiger partial charge is 0.309 e. The molecule has 0 N–H and O–H groups in total. The average Bonchev–Trinajstić information content (AvgIpc) is 2.37. The number of hydrogen-bond donors (Lipinski definition) is 0. The lowest BCUT2D eigenvalue weighted by molar-refractivity contribution is 0.101. The van der Waals surface area contributed by atoms with Crippen molar-refractivity contribution < 1.29 is 18.4 Å². The molecular weight excluding hydrogens is 251 g/mol. The number of Topliss-reactive ketones (excluding diaryl/α,β-unsaturated/α-hetero) is 1. The summed E-state index contributed by atoms with van der Waals surface area (Å²) in [5.74, 6) is 0.0241. The minimum absolute atomic E-state index is 0.0241. The number of hydrogen-bond acceptors (Lipinski definition) is 4. The number of ketones is 1. The third-order valence-corrected chi connectivity index (χ3v) is 4.45. The highest BCUT2D eigenvalue weighted by molar-refractivity contribution is 7.53. The number of carbonyl (C=O) groups is 1. The van der Waals surface area contributed by atoms with Crippen molar-refractivity contribution in [2.45, 2.75) is 27.4 Å². The second-order valence-electron chi connectivity index (χ2n) is 3.87. The Morgan fingerprint density at radius 3 is 2.22 bits per heavy atom. The Morgan fingerprint density at radius 1 is 1.17 bits per heavy atom. The molecule has 1 unspecified atom stereocenters. The molecule has 100 valence electrons. The van der Waals surface area contributed by atoms with Gasteiger partial charge >= 0.3 is 7.60 Å². The third-order valence-electron chi connectivity index (χ3n) is 2.50. The van der Waals surface area contributed by atoms with Crippen molar-refractivity contribution in [1.82, 2.24) is 0 Å². The van der Waals surface area contributed by atoms with Crippen LogP contribution in [0.4, 0.5) is 0 Å². The summed E-state index contributed by atoms with van der Waals surface area (Å²) < 4.78 is 22.5. The predicted molar refractivity (Wildman–Crippen MR) is 71.0 cm³/mol. The maximum Gasteiger partial charge on any atom is 0.330 e. The van der Waals surface area contributed by atoms with Crippen LogP contribution in [0.5, 0.6) is 0 Å². The molecule has 1 aromatic carbocycles. The van der Waals surface area contributed by atoms with Crippen molar-refractivity contribution in [3.8, 4) is 0 Å². The van der Waals surface area contributed by atoms with Crippen LogP contribution < -0.4 is 0 Å². The van der Waals surface area contributed by atoms with Crippen LogP contribution in [0.3, 0.4) is 0 Å². The summed E-state index contributed by atoms with van der Waals surface area (Å²) in [6.07, 6.45) is 0.354. The second kappa shape index (κ2) is 6.83. The average molecular weight is 270 g/mol. The Labute approximate surface area is 108 Å². The molecule has 0 aliphatic rings. The number of rotatable bonds is 7. The van der Waals surface area contributed by atoms with E-state index in [0.717, 1.165) is 5.56 Å². The van der Waals surface area contributed by atoms with Gasteiger partial charge in [-0.25, -0.2) is 0 Å². The summed E-state index contributed by atoms with van der Waals surface area (Å²) in [6, 6.07) is 7.06. The Hall–Kier alpha value is -0.960. The van der Waals surface area contributed by atoms with Crippen LogP contribution in [-0.2, 0) is 20.2 Å².